The van der Waals surface area contributed by atoms with Gasteiger partial charge in [0.05, 0.1) is 43.9 Å². The molecule has 2 bridgehead atoms. The van der Waals surface area contributed by atoms with Crippen LogP contribution in [-0.2, 0) is 107 Å². The summed E-state index contributed by atoms with van der Waals surface area (Å²) >= 11 is 0. The molecule has 39 heteroatoms. The maximum Gasteiger partial charge on any atom is 0.323 e. The van der Waals surface area contributed by atoms with Crippen LogP contribution >= 0.6 is 0 Å². The second-order valence-electron chi connectivity index (χ2n) is 33.5. The van der Waals surface area contributed by atoms with Crippen LogP contribution in [0.25, 0.3) is 21.8 Å². The molecule has 126 heavy (non-hydrogen) atoms. The van der Waals surface area contributed by atoms with Gasteiger partial charge in [0, 0.05) is 94.2 Å². The monoisotopic (exact) mass is 1760 g/mol. The number of hydrogen-bond donors (Lipinski definition) is 17. The van der Waals surface area contributed by atoms with Crippen LogP contribution in [0, 0.1) is 11.8 Å². The molecule has 15 atom stereocenters. The summed E-state index contributed by atoms with van der Waals surface area (Å²) in [5.74, 6) is -15.2. The molecule has 1 unspecified atom stereocenters. The van der Waals surface area contributed by atoms with E-state index in [2.05, 4.69) is 58.2 Å². The molecule has 2 aromatic heterocycles. The first-order valence-corrected chi connectivity index (χ1v) is 42.9. The molecular weight excluding hydrogens is 1630 g/mol. The van der Waals surface area contributed by atoms with Gasteiger partial charge in [-0.2, -0.15) is 0 Å². The number of fused-ring (bicyclic) bond motifs is 5. The molecule has 3 saturated heterocycles. The number of carbonyl (C=O) groups is 16. The van der Waals surface area contributed by atoms with E-state index in [-0.39, 0.29) is 95.1 Å². The largest absolute Gasteiger partial charge is 0.508 e. The Bertz CT molecular complexity index is 4710. The summed E-state index contributed by atoms with van der Waals surface area (Å²) in [6.45, 7) is 8.72. The van der Waals surface area contributed by atoms with Crippen LogP contribution in [-0.4, -0.2) is 295 Å². The van der Waals surface area contributed by atoms with Crippen LogP contribution in [0.15, 0.2) is 85.2 Å². The number of H-pyrrole nitrogens is 1. The van der Waals surface area contributed by atoms with Crippen molar-refractivity contribution in [3.05, 3.63) is 102 Å². The smallest absolute Gasteiger partial charge is 0.323 e. The number of carboxylic acids is 1. The van der Waals surface area contributed by atoms with E-state index in [9.17, 15) is 78.0 Å². The Hall–Kier alpha value is -11.9. The number of primary amides is 1. The second kappa shape index (κ2) is 46.9. The number of nitrogens with two attached hydrogens (primary N) is 2. The van der Waals surface area contributed by atoms with Gasteiger partial charge in [0.1, 0.15) is 85.4 Å². The zero-order chi connectivity index (χ0) is 92.5. The van der Waals surface area contributed by atoms with E-state index in [1.165, 1.54) is 68.0 Å². The third-order valence-electron chi connectivity index (χ3n) is 23.0. The molecule has 3 aliphatic heterocycles. The Morgan fingerprint density at radius 1 is 0.587 bits per heavy atom. The van der Waals surface area contributed by atoms with Crippen molar-refractivity contribution >= 4 is 116 Å². The quantitative estimate of drug-likeness (QED) is 0.0372. The minimum absolute atomic E-state index is 0.0142. The van der Waals surface area contributed by atoms with Gasteiger partial charge >= 0.3 is 5.97 Å². The summed E-state index contributed by atoms with van der Waals surface area (Å²) in [5, 5.41) is 70.9. The topological polar surface area (TPSA) is 569 Å². The van der Waals surface area contributed by atoms with E-state index < -0.39 is 224 Å². The number of phenols is 1. The molecule has 39 nitrogen and oxygen atoms in total. The van der Waals surface area contributed by atoms with E-state index in [1.54, 1.807) is 68.6 Å². The highest BCUT2D eigenvalue weighted by molar-refractivity contribution is 6.02. The van der Waals surface area contributed by atoms with Gasteiger partial charge in [-0.3, -0.25) is 82.0 Å². The van der Waals surface area contributed by atoms with Gasteiger partial charge < -0.3 is 114 Å². The number of aromatic nitrogens is 2. The number of rotatable bonds is 22. The molecule has 19 N–H and O–H groups in total. The molecule has 5 heterocycles. The first-order chi connectivity index (χ1) is 59.9. The minimum Gasteiger partial charge on any atom is -0.508 e. The maximum atomic E-state index is 15.7. The predicted molar refractivity (Wildman–Crippen MR) is 461 cm³/mol. The Morgan fingerprint density at radius 2 is 1.15 bits per heavy atom. The van der Waals surface area contributed by atoms with Gasteiger partial charge in [0.15, 0.2) is 5.78 Å². The summed E-state index contributed by atoms with van der Waals surface area (Å²) in [7, 11) is 3.99. The van der Waals surface area contributed by atoms with Crippen molar-refractivity contribution in [2.75, 3.05) is 60.6 Å². The van der Waals surface area contributed by atoms with E-state index in [1.807, 2.05) is 27.7 Å². The van der Waals surface area contributed by atoms with Crippen LogP contribution in [0.1, 0.15) is 142 Å². The van der Waals surface area contributed by atoms with E-state index in [4.69, 9.17) is 16.2 Å². The second-order valence-corrected chi connectivity index (χ2v) is 33.5. The summed E-state index contributed by atoms with van der Waals surface area (Å²) in [5.41, 5.74) is 14.2. The number of unbranched alkanes of at least 4 members (excludes halogenated alkanes) is 2. The van der Waals surface area contributed by atoms with E-state index in [0.29, 0.717) is 64.2 Å². The highest BCUT2D eigenvalue weighted by Gasteiger charge is 2.47. The van der Waals surface area contributed by atoms with Gasteiger partial charge in [-0.1, -0.05) is 116 Å². The Labute approximate surface area is 730 Å². The molecule has 8 rings (SSSR count). The number of phenolic OH excluding ortho intramolecular Hbond substituents is 1. The fraction of sp³-hybridized carbons (Fsp3) is 0.563. The van der Waals surface area contributed by atoms with Crippen LogP contribution in [0.4, 0.5) is 0 Å². The van der Waals surface area contributed by atoms with Crippen LogP contribution < -0.4 is 64.6 Å². The number of aromatic amines is 1. The SMILES string of the molecule is CCCC[C@H]1C(=O)N(C)[C@@H](CCCC)C(=O)N[C@@H](CC(C)C)C(=O)NCCOCC(=O)N[C@@H](Cc2ccc(O)cc2)C(=O)N(C)[C@@H](C)C(=O)N[C@@H](CC(N)=O)C(=O)N2CCC[C@H]2C(=O)N[C@@H](CN)C(=O)N[C@@H](CC(C)C)C(=O)C2N[C@@H](C[C@H]2O)C(=O)N[C@@H](Cc2c[nH]c3ccccc23)C(=O)N[C@@H](CO)C(=O)N[C@@H](Cc2cn(CC(=O)O)c3ccccc23)C(=O)N1C. The Balaban J connectivity index is 1.14. The molecule has 3 aromatic carbocycles. The van der Waals surface area contributed by atoms with Crippen LogP contribution in [0.5, 0.6) is 5.75 Å². The maximum absolute atomic E-state index is 15.7. The van der Waals surface area contributed by atoms with Crippen LogP contribution in [0.2, 0.25) is 0 Å². The summed E-state index contributed by atoms with van der Waals surface area (Å²) in [6, 6.07) is -1.42. The number of aromatic hydroxyl groups is 1. The number of aliphatic hydroxyl groups is 2. The molecule has 0 saturated carbocycles. The number of ether oxygens (including phenoxy) is 1. The fourth-order valence-electron chi connectivity index (χ4n) is 16.0. The number of ketones is 1. The number of benzene rings is 3. The van der Waals surface area contributed by atoms with Gasteiger partial charge in [0.2, 0.25) is 82.7 Å². The minimum atomic E-state index is -1.89. The number of nitrogens with zero attached hydrogens (tertiary/aromatic N) is 5. The van der Waals surface area contributed by atoms with Crippen molar-refractivity contribution < 1.29 is 102 Å². The van der Waals surface area contributed by atoms with Crippen molar-refractivity contribution in [3.63, 3.8) is 0 Å². The number of amides is 14. The zero-order valence-electron chi connectivity index (χ0n) is 73.1. The highest BCUT2D eigenvalue weighted by atomic mass is 16.5. The van der Waals surface area contributed by atoms with Crippen LogP contribution in [0.3, 0.4) is 0 Å². The van der Waals surface area contributed by atoms with Crippen molar-refractivity contribution in [2.45, 2.75) is 242 Å². The van der Waals surface area contributed by atoms with Crippen molar-refractivity contribution in [2.24, 2.45) is 23.3 Å². The third kappa shape index (κ3) is 26.8. The molecule has 688 valence electrons. The van der Waals surface area contributed by atoms with Crippen molar-refractivity contribution in [1.29, 1.82) is 0 Å². The van der Waals surface area contributed by atoms with Gasteiger partial charge in [-0.25, -0.2) is 0 Å². The lowest BCUT2D eigenvalue weighted by Gasteiger charge is -2.36. The Kier molecular flexibility index (Phi) is 37.0. The lowest BCUT2D eigenvalue weighted by Crippen LogP contribution is -2.61. The number of Topliss-reactive ketones (excluding diaryl/α,β-unsaturated/α-hetero) is 1. The molecule has 0 aliphatic carbocycles. The van der Waals surface area contributed by atoms with Gasteiger partial charge in [-0.15, -0.1) is 0 Å². The normalized spacial score (nSPS) is 25.8. The van der Waals surface area contributed by atoms with Crippen molar-refractivity contribution in [3.8, 4) is 5.75 Å². The average molecular weight is 1760 g/mol. The van der Waals surface area contributed by atoms with E-state index in [0.717, 1.165) is 14.7 Å². The summed E-state index contributed by atoms with van der Waals surface area (Å²) in [4.78, 5) is 239. The van der Waals surface area contributed by atoms with Gasteiger partial charge in [-0.05, 0) is 105 Å². The molecule has 14 amide bonds. The molecule has 5 aromatic rings. The molecule has 3 aliphatic rings. The predicted octanol–water partition coefficient (Wildman–Crippen LogP) is -1.58. The van der Waals surface area contributed by atoms with E-state index >= 15 is 19.2 Å². The average Bonchev–Trinajstić information content (AvgIpc) is 1.66. The number of aliphatic hydroxyl groups excluding tert-OH is 2. The number of likely N-dealkylation sites (N-methyl/N-ethyl adjacent to an activating group) is 3. The fourth-order valence-corrected chi connectivity index (χ4v) is 16.0. The molecule has 0 spiro atoms. The van der Waals surface area contributed by atoms with Gasteiger partial charge in [0.25, 0.3) is 0 Å². The molecular formula is C87H124N18O21. The molecule has 0 radical (unpaired) electrons. The number of nitrogens with one attached hydrogen (secondary N) is 11. The first-order valence-electron chi connectivity index (χ1n) is 42.9. The zero-order valence-corrected chi connectivity index (χ0v) is 73.1. The highest BCUT2D eigenvalue weighted by Crippen LogP contribution is 2.28. The first kappa shape index (κ1) is 99.5. The van der Waals surface area contributed by atoms with Crippen molar-refractivity contribution in [1.82, 2.24) is 82.3 Å². The number of hydrogen-bond acceptors (Lipinski definition) is 22. The number of carbonyl (C=O) groups excluding carboxylic acids is 15. The summed E-state index contributed by atoms with van der Waals surface area (Å²) < 4.78 is 7.13. The Morgan fingerprint density at radius 3 is 1.80 bits per heavy atom. The number of aliphatic carboxylic acids is 1. The number of carboxylic acid groups (broad SMARTS) is 1. The lowest BCUT2D eigenvalue weighted by molar-refractivity contribution is -0.149. The molecule has 3 fully saturated rings. The standard InChI is InChI=1S/C87H124N18O21/c1-11-13-23-67-82(120)96-58(35-48(5)6)77(115)90-31-33-126-46-72(110)92-61(36-50-27-29-53(107)30-28-50)84(122)101(8)49(7)76(114)97-63(40-71(89)109)86(124)105-32-19-26-68(105)83(121)99-64(41-88)80(118)94-57(34-47(3)4)75(113)74-70(108)39-60(93-74)79(117)95-59(37-51-42-91-56-22-17-15-20-54(51)56)78(116)100-65(45-106)81(119)98-62(85(123)103(10)69(24-14-12-2)87(125)102(67)9)38-52-43-104(44-73(111)112)66-25-18-16-21-55(52)66/h15-18,20-22,25,27-30,42-43,47-49,57-65,67-70,74,91,93,106-108H,11-14,19,23-24,26,31-41,44-46,88H2,1-10H3,(H2,89,109)(H,90,115)(H,92,110)(H,94,118)(H,95,117)(H,96,120)(H,97,114)(H,98,119)(H,99,121)(H,100,116)(H,111,112)/t49-,57-,58-,59-,60-,61-,62-,63-,64-,65-,67-,68-,69-,70+,74?/m0/s1. The third-order valence-corrected chi connectivity index (χ3v) is 23.0. The summed E-state index contributed by atoms with van der Waals surface area (Å²) in [6.07, 6.45) is 1.65. The lowest BCUT2D eigenvalue weighted by atomic mass is 9.94. The number of para-hydroxylation sites is 2.